The van der Waals surface area contributed by atoms with Crippen LogP contribution in [0.25, 0.3) is 0 Å². The van der Waals surface area contributed by atoms with Gasteiger partial charge in [0, 0.05) is 13.1 Å². The number of hydrogen-bond acceptors (Lipinski definition) is 3. The van der Waals surface area contributed by atoms with E-state index in [4.69, 9.17) is 5.11 Å². The van der Waals surface area contributed by atoms with Crippen molar-refractivity contribution in [1.29, 1.82) is 0 Å². The number of carboxylic acid groups (broad SMARTS) is 1. The number of amides is 1. The summed E-state index contributed by atoms with van der Waals surface area (Å²) in [6, 6.07) is 0. The lowest BCUT2D eigenvalue weighted by Crippen LogP contribution is -2.34. The zero-order chi connectivity index (χ0) is 16.2. The molecule has 1 heterocycles. The van der Waals surface area contributed by atoms with Crippen LogP contribution in [0.1, 0.15) is 6.42 Å². The number of nitrogens with zero attached hydrogens (tertiary/aromatic N) is 1. The number of alkyl halides is 5. The first-order valence-corrected chi connectivity index (χ1v) is 6.06. The van der Waals surface area contributed by atoms with Gasteiger partial charge in [-0.05, 0) is 0 Å². The first kappa shape index (κ1) is 17.6. The Morgan fingerprint density at radius 3 is 2.33 bits per heavy atom. The fraction of sp³-hybridized carbons (Fsp3) is 0.818. The third-order valence-electron chi connectivity index (χ3n) is 3.11. The maximum absolute atomic E-state index is 12.7. The molecule has 1 N–H and O–H groups in total. The van der Waals surface area contributed by atoms with Gasteiger partial charge in [-0.15, -0.1) is 0 Å². The first-order valence-electron chi connectivity index (χ1n) is 6.06. The van der Waals surface area contributed by atoms with E-state index in [1.165, 1.54) is 0 Å². The van der Waals surface area contributed by atoms with Gasteiger partial charge in [-0.3, -0.25) is 9.59 Å². The number of likely N-dealkylation sites (tertiary alicyclic amines) is 1. The molecule has 0 bridgehead atoms. The van der Waals surface area contributed by atoms with Crippen LogP contribution in [0.5, 0.6) is 0 Å². The number of carbonyl (C=O) groups excluding carboxylic acids is 1. The monoisotopic (exact) mass is 319 g/mol. The van der Waals surface area contributed by atoms with E-state index in [0.29, 0.717) is 0 Å². The average Bonchev–Trinajstić information content (AvgIpc) is 2.79. The molecule has 0 radical (unpaired) electrons. The van der Waals surface area contributed by atoms with Gasteiger partial charge in [0.2, 0.25) is 5.91 Å². The van der Waals surface area contributed by atoms with Gasteiger partial charge < -0.3 is 14.7 Å². The van der Waals surface area contributed by atoms with Crippen LogP contribution in [0.4, 0.5) is 22.0 Å². The second kappa shape index (κ2) is 7.01. The van der Waals surface area contributed by atoms with Gasteiger partial charge in [-0.1, -0.05) is 0 Å². The zero-order valence-corrected chi connectivity index (χ0v) is 10.8. The van der Waals surface area contributed by atoms with Crippen molar-refractivity contribution in [3.8, 4) is 0 Å². The maximum Gasteiger partial charge on any atom is 0.394 e. The van der Waals surface area contributed by atoms with Gasteiger partial charge in [0.1, 0.15) is 6.61 Å². The van der Waals surface area contributed by atoms with Crippen molar-refractivity contribution >= 4 is 11.9 Å². The predicted octanol–water partition coefficient (Wildman–Crippen LogP) is 1.38. The van der Waals surface area contributed by atoms with Gasteiger partial charge in [-0.25, -0.2) is 8.78 Å². The van der Waals surface area contributed by atoms with Gasteiger partial charge in [0.25, 0.3) is 6.43 Å². The van der Waals surface area contributed by atoms with E-state index < -0.39 is 56.0 Å². The fourth-order valence-electron chi connectivity index (χ4n) is 2.08. The lowest BCUT2D eigenvalue weighted by Gasteiger charge is -2.18. The number of halogens is 5. The van der Waals surface area contributed by atoms with E-state index >= 15 is 0 Å². The summed E-state index contributed by atoms with van der Waals surface area (Å²) in [5, 5.41) is 8.78. The summed E-state index contributed by atoms with van der Waals surface area (Å²) in [4.78, 5) is 23.2. The van der Waals surface area contributed by atoms with Gasteiger partial charge >= 0.3 is 12.1 Å². The molecule has 1 fully saturated rings. The Balaban J connectivity index is 2.53. The molecular formula is C11H14F5NO4. The quantitative estimate of drug-likeness (QED) is 0.593. The van der Waals surface area contributed by atoms with Gasteiger partial charge in [-0.2, -0.15) is 13.2 Å². The molecule has 0 aromatic carbocycles. The van der Waals surface area contributed by atoms with Crippen molar-refractivity contribution in [1.82, 2.24) is 4.90 Å². The average molecular weight is 319 g/mol. The molecule has 1 saturated heterocycles. The highest BCUT2D eigenvalue weighted by molar-refractivity contribution is 5.79. The second-order valence-corrected chi connectivity index (χ2v) is 4.61. The van der Waals surface area contributed by atoms with Crippen molar-refractivity contribution in [3.63, 3.8) is 0 Å². The normalized spacial score (nSPS) is 22.9. The van der Waals surface area contributed by atoms with Crippen LogP contribution in [-0.2, 0) is 14.3 Å². The molecule has 0 unspecified atom stereocenters. The van der Waals surface area contributed by atoms with Crippen LogP contribution in [0, 0.1) is 11.8 Å². The molecule has 0 saturated carbocycles. The summed E-state index contributed by atoms with van der Waals surface area (Å²) in [7, 11) is 0. The minimum absolute atomic E-state index is 0.353. The fourth-order valence-corrected chi connectivity index (χ4v) is 2.08. The number of carboxylic acids is 1. The summed E-state index contributed by atoms with van der Waals surface area (Å²) in [5.74, 6) is -6.21. The Bertz CT molecular complexity index is 387. The minimum Gasteiger partial charge on any atom is -0.481 e. The molecule has 1 amide bonds. The van der Waals surface area contributed by atoms with Crippen molar-refractivity contribution in [2.24, 2.45) is 11.8 Å². The van der Waals surface area contributed by atoms with Crippen molar-refractivity contribution in [2.45, 2.75) is 19.0 Å². The number of hydrogen-bond donors (Lipinski definition) is 1. The van der Waals surface area contributed by atoms with Gasteiger partial charge in [0.05, 0.1) is 24.9 Å². The van der Waals surface area contributed by atoms with E-state index in [9.17, 15) is 31.5 Å². The largest absolute Gasteiger partial charge is 0.481 e. The van der Waals surface area contributed by atoms with E-state index in [-0.39, 0.29) is 13.0 Å². The van der Waals surface area contributed by atoms with E-state index in [2.05, 4.69) is 4.74 Å². The van der Waals surface area contributed by atoms with Crippen LogP contribution < -0.4 is 0 Å². The SMILES string of the molecule is O=C(O)[C@@H]1CN(C(=O)CCOCC(F)F)C[C@H]1C(F)(F)F. The molecule has 10 heteroatoms. The van der Waals surface area contributed by atoms with Crippen LogP contribution >= 0.6 is 0 Å². The van der Waals surface area contributed by atoms with Crippen molar-refractivity contribution in [2.75, 3.05) is 26.3 Å². The Labute approximate surface area is 116 Å². The molecule has 0 aromatic rings. The third-order valence-corrected chi connectivity index (χ3v) is 3.11. The number of rotatable bonds is 6. The minimum atomic E-state index is -4.72. The van der Waals surface area contributed by atoms with Gasteiger partial charge in [0.15, 0.2) is 0 Å². The molecule has 0 spiro atoms. The topological polar surface area (TPSA) is 66.8 Å². The smallest absolute Gasteiger partial charge is 0.394 e. The molecule has 0 aromatic heterocycles. The molecule has 1 aliphatic rings. The Morgan fingerprint density at radius 2 is 1.90 bits per heavy atom. The van der Waals surface area contributed by atoms with Crippen LogP contribution in [0.2, 0.25) is 0 Å². The maximum atomic E-state index is 12.7. The lowest BCUT2D eigenvalue weighted by atomic mass is 9.96. The summed E-state index contributed by atoms with van der Waals surface area (Å²) in [5.41, 5.74) is 0. The molecular weight excluding hydrogens is 305 g/mol. The molecule has 5 nitrogen and oxygen atoms in total. The summed E-state index contributed by atoms with van der Waals surface area (Å²) < 4.78 is 66.1. The Hall–Kier alpha value is -1.45. The van der Waals surface area contributed by atoms with E-state index in [1.807, 2.05) is 0 Å². The Morgan fingerprint density at radius 1 is 1.29 bits per heavy atom. The molecule has 0 aliphatic carbocycles. The molecule has 2 atom stereocenters. The number of ether oxygens (including phenoxy) is 1. The third kappa shape index (κ3) is 5.10. The summed E-state index contributed by atoms with van der Waals surface area (Å²) >= 11 is 0. The van der Waals surface area contributed by atoms with Crippen LogP contribution in [0.3, 0.4) is 0 Å². The summed E-state index contributed by atoms with van der Waals surface area (Å²) in [6.45, 7) is -2.51. The van der Waals surface area contributed by atoms with E-state index in [0.717, 1.165) is 4.90 Å². The Kier molecular flexibility index (Phi) is 5.87. The van der Waals surface area contributed by atoms with Crippen LogP contribution in [-0.4, -0.2) is 60.8 Å². The predicted molar refractivity (Wildman–Crippen MR) is 58.7 cm³/mol. The van der Waals surface area contributed by atoms with E-state index in [1.54, 1.807) is 0 Å². The standard InChI is InChI=1S/C11H14F5NO4/c12-8(13)5-21-2-1-9(18)17-3-6(10(19)20)7(4-17)11(14,15)16/h6-8H,1-5H2,(H,19,20)/t6-,7-/m1/s1. The van der Waals surface area contributed by atoms with Crippen LogP contribution in [0.15, 0.2) is 0 Å². The number of aliphatic carboxylic acids is 1. The highest BCUT2D eigenvalue weighted by Gasteiger charge is 2.53. The molecule has 122 valence electrons. The zero-order valence-electron chi connectivity index (χ0n) is 10.8. The first-order chi connectivity index (χ1) is 9.62. The van der Waals surface area contributed by atoms with Crippen molar-refractivity contribution in [3.05, 3.63) is 0 Å². The molecule has 1 rings (SSSR count). The number of carbonyl (C=O) groups is 2. The van der Waals surface area contributed by atoms with Crippen molar-refractivity contribution < 1.29 is 41.4 Å². The lowest BCUT2D eigenvalue weighted by molar-refractivity contribution is -0.188. The highest BCUT2D eigenvalue weighted by Crippen LogP contribution is 2.37. The summed E-state index contributed by atoms with van der Waals surface area (Å²) in [6.07, 6.45) is -7.79. The highest BCUT2D eigenvalue weighted by atomic mass is 19.4. The second-order valence-electron chi connectivity index (χ2n) is 4.61. The molecule has 21 heavy (non-hydrogen) atoms. The molecule has 1 aliphatic heterocycles.